The third kappa shape index (κ3) is 2.26. The molecule has 1 unspecified atom stereocenters. The highest BCUT2D eigenvalue weighted by atomic mass is 15.7. The molecule has 0 aromatic heterocycles. The highest BCUT2D eigenvalue weighted by Crippen LogP contribution is 2.21. The van der Waals surface area contributed by atoms with E-state index in [1.807, 2.05) is 36.4 Å². The quantitative estimate of drug-likeness (QED) is 0.886. The predicted octanol–water partition coefficient (Wildman–Crippen LogP) is 3.07. The fourth-order valence-corrected chi connectivity index (χ4v) is 2.39. The van der Waals surface area contributed by atoms with Gasteiger partial charge in [-0.15, -0.1) is 5.01 Å². The number of hydrogen-bond donors (Lipinski definition) is 1. The molecule has 1 atom stereocenters. The van der Waals surface area contributed by atoms with Crippen molar-refractivity contribution in [3.63, 3.8) is 0 Å². The van der Waals surface area contributed by atoms with Gasteiger partial charge in [-0.25, -0.2) is 0 Å². The van der Waals surface area contributed by atoms with Gasteiger partial charge in [0, 0.05) is 16.9 Å². The Hall–Kier alpha value is -2.33. The molecule has 0 fully saturated rings. The van der Waals surface area contributed by atoms with Crippen LogP contribution in [0.3, 0.4) is 0 Å². The Labute approximate surface area is 118 Å². The first-order valence-electron chi connectivity index (χ1n) is 6.78. The Bertz CT molecular complexity index is 659. The van der Waals surface area contributed by atoms with Gasteiger partial charge in [0.05, 0.1) is 10.8 Å². The second-order valence-corrected chi connectivity index (χ2v) is 5.09. The van der Waals surface area contributed by atoms with E-state index in [0.29, 0.717) is 5.92 Å². The molecule has 0 radical (unpaired) electrons. The summed E-state index contributed by atoms with van der Waals surface area (Å²) >= 11 is 0. The minimum Gasteiger partial charge on any atom is -0.106 e. The fourth-order valence-electron chi connectivity index (χ4n) is 2.39. The molecule has 20 heavy (non-hydrogen) atoms. The van der Waals surface area contributed by atoms with Crippen LogP contribution in [0.4, 0.5) is 5.69 Å². The molecular formula is C16H17N4+. The van der Waals surface area contributed by atoms with Crippen LogP contribution < -0.4 is 5.01 Å². The van der Waals surface area contributed by atoms with Gasteiger partial charge in [-0.2, -0.15) is 0 Å². The van der Waals surface area contributed by atoms with E-state index in [1.165, 1.54) is 5.56 Å². The number of nitrogens with zero attached hydrogens (tertiary/aromatic N) is 3. The molecule has 2 aromatic rings. The maximum absolute atomic E-state index is 4.24. The van der Waals surface area contributed by atoms with E-state index in [1.54, 1.807) is 0 Å². The van der Waals surface area contributed by atoms with Crippen LogP contribution in [0.15, 0.2) is 70.1 Å². The highest BCUT2D eigenvalue weighted by Gasteiger charge is 2.29. The second kappa shape index (κ2) is 5.35. The van der Waals surface area contributed by atoms with E-state index in [9.17, 15) is 0 Å². The largest absolute Gasteiger partial charge is 0.287 e. The van der Waals surface area contributed by atoms with Gasteiger partial charge in [-0.1, -0.05) is 55.3 Å². The van der Waals surface area contributed by atoms with E-state index in [4.69, 9.17) is 0 Å². The maximum atomic E-state index is 4.24. The summed E-state index contributed by atoms with van der Waals surface area (Å²) in [5, 5.41) is 13.2. The van der Waals surface area contributed by atoms with Crippen LogP contribution in [0.1, 0.15) is 30.9 Å². The second-order valence-electron chi connectivity index (χ2n) is 5.09. The predicted molar refractivity (Wildman–Crippen MR) is 79.0 cm³/mol. The number of amidine groups is 1. The van der Waals surface area contributed by atoms with Crippen molar-refractivity contribution >= 4 is 11.5 Å². The van der Waals surface area contributed by atoms with Crippen molar-refractivity contribution in [2.45, 2.75) is 19.8 Å². The molecular weight excluding hydrogens is 248 g/mol. The van der Waals surface area contributed by atoms with Crippen molar-refractivity contribution in [2.75, 3.05) is 0 Å². The van der Waals surface area contributed by atoms with Gasteiger partial charge < -0.3 is 0 Å². The molecule has 1 aliphatic rings. The van der Waals surface area contributed by atoms with E-state index >= 15 is 0 Å². The van der Waals surface area contributed by atoms with Crippen LogP contribution >= 0.6 is 0 Å². The molecule has 0 spiro atoms. The van der Waals surface area contributed by atoms with Gasteiger partial charge in [-0.3, -0.25) is 0 Å². The minimum absolute atomic E-state index is 0.437. The van der Waals surface area contributed by atoms with Gasteiger partial charge in [0.1, 0.15) is 0 Å². The lowest BCUT2D eigenvalue weighted by Gasteiger charge is -2.14. The van der Waals surface area contributed by atoms with Crippen molar-refractivity contribution in [1.82, 2.24) is 0 Å². The zero-order valence-electron chi connectivity index (χ0n) is 11.6. The number of rotatable bonds is 3. The molecule has 4 heteroatoms. The summed E-state index contributed by atoms with van der Waals surface area (Å²) in [5.41, 5.74) is 3.43. The van der Waals surface area contributed by atoms with Crippen LogP contribution in [-0.2, 0) is 0 Å². The van der Waals surface area contributed by atoms with Crippen molar-refractivity contribution in [3.05, 3.63) is 65.7 Å². The Morgan fingerprint density at radius 2 is 1.60 bits per heavy atom. The van der Waals surface area contributed by atoms with Crippen molar-refractivity contribution in [1.29, 1.82) is 0 Å². The van der Waals surface area contributed by atoms with Gasteiger partial charge in [0.2, 0.25) is 0 Å². The molecule has 0 bridgehead atoms. The molecule has 2 aromatic carbocycles. The summed E-state index contributed by atoms with van der Waals surface area (Å²) in [6.45, 7) is 4.37. The number of benzene rings is 2. The number of para-hydroxylation sites is 1. The monoisotopic (exact) mass is 265 g/mol. The standard InChI is InChI=1S/C16H16N4/c1-12(2)14-10-6-7-11-15(14)20-16(17-18-19-20)13-8-4-3-5-9-13/h3-12H,1-2H3/p+1. The third-order valence-electron chi connectivity index (χ3n) is 3.40. The molecule has 0 saturated heterocycles. The lowest BCUT2D eigenvalue weighted by Crippen LogP contribution is -3.04. The topological polar surface area (TPSA) is 41.5 Å². The number of hydrogen-bond acceptors (Lipinski definition) is 3. The zero-order valence-corrected chi connectivity index (χ0v) is 11.6. The SMILES string of the molecule is CC(C)c1ccccc1[NH+]1N=NN=C1c1ccccc1. The molecule has 1 aliphatic heterocycles. The normalized spacial score (nSPS) is 17.6. The van der Waals surface area contributed by atoms with Crippen LogP contribution in [0, 0.1) is 0 Å². The summed E-state index contributed by atoms with van der Waals surface area (Å²) in [4.78, 5) is 0. The first-order chi connectivity index (χ1) is 9.77. The van der Waals surface area contributed by atoms with Crippen molar-refractivity contribution < 1.29 is 5.01 Å². The Morgan fingerprint density at radius 3 is 2.35 bits per heavy atom. The van der Waals surface area contributed by atoms with Gasteiger partial charge in [0.15, 0.2) is 5.69 Å². The molecule has 4 nitrogen and oxygen atoms in total. The summed E-state index contributed by atoms with van der Waals surface area (Å²) in [7, 11) is 0. The van der Waals surface area contributed by atoms with Crippen LogP contribution in [0.5, 0.6) is 0 Å². The van der Waals surface area contributed by atoms with E-state index in [-0.39, 0.29) is 0 Å². The van der Waals surface area contributed by atoms with Crippen LogP contribution in [0.25, 0.3) is 0 Å². The molecule has 0 saturated carbocycles. The Morgan fingerprint density at radius 1 is 0.900 bits per heavy atom. The summed E-state index contributed by atoms with van der Waals surface area (Å²) < 4.78 is 0. The first-order valence-corrected chi connectivity index (χ1v) is 6.78. The van der Waals surface area contributed by atoms with Crippen LogP contribution in [0.2, 0.25) is 0 Å². The smallest absolute Gasteiger partial charge is 0.106 e. The average molecular weight is 265 g/mol. The lowest BCUT2D eigenvalue weighted by atomic mass is 10.0. The minimum atomic E-state index is 0.437. The first kappa shape index (κ1) is 12.7. The molecule has 0 amide bonds. The summed E-state index contributed by atoms with van der Waals surface area (Å²) in [6.07, 6.45) is 0. The van der Waals surface area contributed by atoms with Gasteiger partial charge in [-0.05, 0) is 18.1 Å². The molecule has 1 heterocycles. The Kier molecular flexibility index (Phi) is 3.39. The molecule has 100 valence electrons. The number of quaternary nitrogens is 1. The zero-order chi connectivity index (χ0) is 13.9. The van der Waals surface area contributed by atoms with Gasteiger partial charge in [0.25, 0.3) is 5.84 Å². The average Bonchev–Trinajstić information content (AvgIpc) is 2.97. The maximum Gasteiger partial charge on any atom is 0.287 e. The highest BCUT2D eigenvalue weighted by molar-refractivity contribution is 5.93. The molecule has 3 rings (SSSR count). The fraction of sp³-hybridized carbons (Fsp3) is 0.188. The lowest BCUT2D eigenvalue weighted by molar-refractivity contribution is -0.739. The van der Waals surface area contributed by atoms with E-state index in [2.05, 4.69) is 47.6 Å². The van der Waals surface area contributed by atoms with Crippen molar-refractivity contribution in [3.8, 4) is 0 Å². The van der Waals surface area contributed by atoms with E-state index < -0.39 is 0 Å². The van der Waals surface area contributed by atoms with Crippen molar-refractivity contribution in [2.24, 2.45) is 15.5 Å². The third-order valence-corrected chi connectivity index (χ3v) is 3.40. The summed E-state index contributed by atoms with van der Waals surface area (Å²) in [6, 6.07) is 18.4. The molecule has 1 N–H and O–H groups in total. The van der Waals surface area contributed by atoms with Gasteiger partial charge >= 0.3 is 0 Å². The summed E-state index contributed by atoms with van der Waals surface area (Å²) in [5.74, 6) is 1.28. The Balaban J connectivity index is 2.03. The molecule has 0 aliphatic carbocycles. The van der Waals surface area contributed by atoms with Crippen LogP contribution in [-0.4, -0.2) is 5.84 Å². The number of nitrogens with one attached hydrogen (secondary N) is 1. The van der Waals surface area contributed by atoms with E-state index in [0.717, 1.165) is 22.1 Å².